The smallest absolute Gasteiger partial charge is 0.152 e. The molecule has 0 aliphatic carbocycles. The molecular weight excluding hydrogens is 266 g/mol. The van der Waals surface area contributed by atoms with Crippen LogP contribution in [-0.4, -0.2) is 20.2 Å². The Labute approximate surface area is 122 Å². The van der Waals surface area contributed by atoms with Crippen LogP contribution >= 0.6 is 0 Å². The van der Waals surface area contributed by atoms with Crippen LogP contribution in [0.5, 0.6) is 0 Å². The highest BCUT2D eigenvalue weighted by molar-refractivity contribution is 5.56. The van der Waals surface area contributed by atoms with Crippen molar-refractivity contribution >= 4 is 0 Å². The van der Waals surface area contributed by atoms with Gasteiger partial charge in [-0.2, -0.15) is 5.10 Å². The van der Waals surface area contributed by atoms with Gasteiger partial charge in [0.2, 0.25) is 0 Å². The predicted molar refractivity (Wildman–Crippen MR) is 78.3 cm³/mol. The van der Waals surface area contributed by atoms with E-state index in [1.54, 1.807) is 18.6 Å². The number of nitrogens with one attached hydrogen (secondary N) is 2. The van der Waals surface area contributed by atoms with Gasteiger partial charge in [-0.25, -0.2) is 0 Å². The third kappa shape index (κ3) is 3.17. The first-order valence-corrected chi connectivity index (χ1v) is 6.79. The molecule has 3 heterocycles. The Hall–Kier alpha value is -2.47. The van der Waals surface area contributed by atoms with Gasteiger partial charge < -0.3 is 9.73 Å². The lowest BCUT2D eigenvalue weighted by Gasteiger charge is -2.04. The number of furan rings is 1. The summed E-state index contributed by atoms with van der Waals surface area (Å²) in [6.07, 6.45) is 5.36. The summed E-state index contributed by atoms with van der Waals surface area (Å²) in [5, 5.41) is 10.4. The van der Waals surface area contributed by atoms with Crippen molar-refractivity contribution in [3.8, 4) is 11.5 Å². The number of H-pyrrole nitrogens is 1. The predicted octanol–water partition coefficient (Wildman–Crippen LogP) is 2.37. The monoisotopic (exact) mass is 283 g/mol. The highest BCUT2D eigenvalue weighted by Crippen LogP contribution is 2.23. The molecule has 0 bridgehead atoms. The van der Waals surface area contributed by atoms with Gasteiger partial charge >= 0.3 is 0 Å². The fraction of sp³-hybridized carbons (Fsp3) is 0.267. The fourth-order valence-electron chi connectivity index (χ4n) is 2.06. The third-order valence-electron chi connectivity index (χ3n) is 3.16. The molecule has 108 valence electrons. The molecule has 0 aromatic carbocycles. The van der Waals surface area contributed by atoms with Gasteiger partial charge in [0.15, 0.2) is 5.76 Å². The second kappa shape index (κ2) is 5.88. The highest BCUT2D eigenvalue weighted by atomic mass is 16.3. The van der Waals surface area contributed by atoms with E-state index in [2.05, 4.69) is 25.5 Å². The largest absolute Gasteiger partial charge is 0.460 e. The molecule has 0 unspecified atom stereocenters. The van der Waals surface area contributed by atoms with E-state index >= 15 is 0 Å². The van der Waals surface area contributed by atoms with Crippen LogP contribution in [0.3, 0.4) is 0 Å². The second-order valence-corrected chi connectivity index (χ2v) is 4.93. The molecule has 3 rings (SSSR count). The van der Waals surface area contributed by atoms with E-state index in [0.29, 0.717) is 13.1 Å². The summed E-state index contributed by atoms with van der Waals surface area (Å²) in [6.45, 7) is 5.19. The van der Waals surface area contributed by atoms with Crippen molar-refractivity contribution in [1.82, 2.24) is 25.5 Å². The Morgan fingerprint density at radius 2 is 2.00 bits per heavy atom. The van der Waals surface area contributed by atoms with Crippen molar-refractivity contribution in [3.05, 3.63) is 53.4 Å². The van der Waals surface area contributed by atoms with Gasteiger partial charge in [0.25, 0.3) is 0 Å². The van der Waals surface area contributed by atoms with Gasteiger partial charge in [0.05, 0.1) is 17.6 Å². The van der Waals surface area contributed by atoms with Gasteiger partial charge in [0.1, 0.15) is 11.5 Å². The molecule has 0 saturated carbocycles. The molecule has 0 aliphatic heterocycles. The molecule has 0 atom stereocenters. The number of rotatable bonds is 5. The van der Waals surface area contributed by atoms with Gasteiger partial charge in [-0.1, -0.05) is 0 Å². The Morgan fingerprint density at radius 3 is 2.71 bits per heavy atom. The van der Waals surface area contributed by atoms with Crippen LogP contribution in [0.1, 0.15) is 22.7 Å². The van der Waals surface area contributed by atoms with Crippen LogP contribution in [0.15, 0.2) is 35.1 Å². The number of aryl methyl sites for hydroxylation is 2. The molecule has 0 aliphatic rings. The molecule has 2 N–H and O–H groups in total. The second-order valence-electron chi connectivity index (χ2n) is 4.93. The van der Waals surface area contributed by atoms with E-state index in [-0.39, 0.29) is 0 Å². The zero-order valence-corrected chi connectivity index (χ0v) is 12.1. The first-order valence-electron chi connectivity index (χ1n) is 6.79. The Kier molecular flexibility index (Phi) is 3.79. The van der Waals surface area contributed by atoms with Crippen LogP contribution in [-0.2, 0) is 13.1 Å². The molecule has 3 aromatic heterocycles. The first kappa shape index (κ1) is 13.5. The normalized spacial score (nSPS) is 11.0. The molecule has 6 nitrogen and oxygen atoms in total. The zero-order chi connectivity index (χ0) is 14.7. The number of hydrogen-bond donors (Lipinski definition) is 2. The van der Waals surface area contributed by atoms with E-state index in [4.69, 9.17) is 4.42 Å². The molecule has 0 saturated heterocycles. The van der Waals surface area contributed by atoms with Crippen molar-refractivity contribution in [2.45, 2.75) is 26.9 Å². The molecule has 0 radical (unpaired) electrons. The Bertz CT molecular complexity index is 714. The minimum Gasteiger partial charge on any atom is -0.460 e. The fourth-order valence-corrected chi connectivity index (χ4v) is 2.06. The lowest BCUT2D eigenvalue weighted by Crippen LogP contribution is -2.14. The molecule has 0 fully saturated rings. The van der Waals surface area contributed by atoms with Crippen molar-refractivity contribution in [3.63, 3.8) is 0 Å². The molecule has 0 spiro atoms. The Balaban J connectivity index is 1.64. The number of hydrogen-bond acceptors (Lipinski definition) is 5. The van der Waals surface area contributed by atoms with Crippen LogP contribution in [0.2, 0.25) is 0 Å². The average molecular weight is 283 g/mol. The van der Waals surface area contributed by atoms with Crippen molar-refractivity contribution in [2.75, 3.05) is 0 Å². The lowest BCUT2D eigenvalue weighted by atomic mass is 10.2. The van der Waals surface area contributed by atoms with Gasteiger partial charge in [-0.05, 0) is 26.0 Å². The highest BCUT2D eigenvalue weighted by Gasteiger charge is 2.10. The van der Waals surface area contributed by atoms with Crippen LogP contribution in [0.4, 0.5) is 0 Å². The summed E-state index contributed by atoms with van der Waals surface area (Å²) in [7, 11) is 0. The molecule has 21 heavy (non-hydrogen) atoms. The van der Waals surface area contributed by atoms with Gasteiger partial charge in [-0.3, -0.25) is 15.1 Å². The zero-order valence-electron chi connectivity index (χ0n) is 12.1. The molecule has 6 heteroatoms. The molecule has 0 amide bonds. The molecular formula is C15H17N5O. The number of aromatic amines is 1. The lowest BCUT2D eigenvalue weighted by molar-refractivity contribution is 0.545. The topological polar surface area (TPSA) is 79.6 Å². The van der Waals surface area contributed by atoms with E-state index < -0.39 is 0 Å². The maximum absolute atomic E-state index is 5.62. The standard InChI is InChI=1S/C15H17N5O/c1-10-5-18-13(9-17-10)8-16-6-12-7-19-20-15(12)14-4-3-11(2)21-14/h3-5,7,9,16H,6,8H2,1-2H3,(H,19,20). The third-order valence-corrected chi connectivity index (χ3v) is 3.16. The maximum Gasteiger partial charge on any atom is 0.152 e. The minimum absolute atomic E-state index is 0.662. The summed E-state index contributed by atoms with van der Waals surface area (Å²) < 4.78 is 5.62. The SMILES string of the molecule is Cc1cnc(CNCc2cn[nH]c2-c2ccc(C)o2)cn1. The number of nitrogens with zero attached hydrogens (tertiary/aromatic N) is 3. The average Bonchev–Trinajstić information content (AvgIpc) is 3.10. The van der Waals surface area contributed by atoms with Crippen molar-refractivity contribution in [2.24, 2.45) is 0 Å². The summed E-state index contributed by atoms with van der Waals surface area (Å²) in [5.41, 5.74) is 3.80. The van der Waals surface area contributed by atoms with Crippen LogP contribution in [0.25, 0.3) is 11.5 Å². The first-order chi connectivity index (χ1) is 10.2. The van der Waals surface area contributed by atoms with Crippen molar-refractivity contribution < 1.29 is 4.42 Å². The summed E-state index contributed by atoms with van der Waals surface area (Å²) in [6, 6.07) is 3.88. The maximum atomic E-state index is 5.62. The Morgan fingerprint density at radius 1 is 1.10 bits per heavy atom. The summed E-state index contributed by atoms with van der Waals surface area (Å²) in [4.78, 5) is 8.54. The number of aromatic nitrogens is 4. The van der Waals surface area contributed by atoms with E-state index in [0.717, 1.165) is 34.2 Å². The van der Waals surface area contributed by atoms with Crippen molar-refractivity contribution in [1.29, 1.82) is 0 Å². The van der Waals surface area contributed by atoms with Crippen LogP contribution in [0, 0.1) is 13.8 Å². The van der Waals surface area contributed by atoms with Crippen LogP contribution < -0.4 is 5.32 Å². The quantitative estimate of drug-likeness (QED) is 0.751. The van der Waals surface area contributed by atoms with Gasteiger partial charge in [-0.15, -0.1) is 0 Å². The van der Waals surface area contributed by atoms with E-state index in [1.165, 1.54) is 0 Å². The van der Waals surface area contributed by atoms with E-state index in [1.807, 2.05) is 26.0 Å². The van der Waals surface area contributed by atoms with E-state index in [9.17, 15) is 0 Å². The summed E-state index contributed by atoms with van der Waals surface area (Å²) >= 11 is 0. The summed E-state index contributed by atoms with van der Waals surface area (Å²) in [5.74, 6) is 1.69. The minimum atomic E-state index is 0.662. The molecule has 3 aromatic rings. The van der Waals surface area contributed by atoms with Gasteiger partial charge in [0, 0.05) is 31.0 Å².